The molecule has 0 bridgehead atoms. The lowest BCUT2D eigenvalue weighted by Crippen LogP contribution is -2.37. The molecule has 2 aromatic rings. The molecule has 0 saturated carbocycles. The van der Waals surface area contributed by atoms with Crippen molar-refractivity contribution < 1.29 is 0 Å². The van der Waals surface area contributed by atoms with Crippen LogP contribution in [0.3, 0.4) is 0 Å². The fraction of sp³-hybridized carbons (Fsp3) is 0.444. The fourth-order valence-corrected chi connectivity index (χ4v) is 2.30. The molecule has 0 radical (unpaired) electrons. The molecule has 2 N–H and O–H groups in total. The van der Waals surface area contributed by atoms with Crippen molar-refractivity contribution in [2.75, 3.05) is 13.6 Å². The molecule has 5 nitrogen and oxygen atoms in total. The number of rotatable bonds is 7. The smallest absolute Gasteiger partial charge is 0.191 e. The number of benzene rings is 1. The number of nitrogens with zero attached hydrogens (tertiary/aromatic N) is 3. The molecule has 124 valence electrons. The quantitative estimate of drug-likeness (QED) is 0.469. The molecule has 5 heteroatoms. The van der Waals surface area contributed by atoms with E-state index in [0.29, 0.717) is 6.54 Å². The van der Waals surface area contributed by atoms with Crippen LogP contribution in [-0.4, -0.2) is 29.3 Å². The lowest BCUT2D eigenvalue weighted by atomic mass is 10.1. The molecule has 0 atom stereocenters. The Bertz CT molecular complexity index is 601. The van der Waals surface area contributed by atoms with Crippen LogP contribution in [0.4, 0.5) is 0 Å². The first-order valence-corrected chi connectivity index (χ1v) is 8.22. The standard InChI is InChI=1S/C18H27N5/c1-15(2)8-7-11-20-18(19-3)21-12-16-13-22-23(14-16)17-9-5-4-6-10-17/h4-6,9-10,13-15H,7-8,11-12H2,1-3H3,(H2,19,20,21). The Morgan fingerprint density at radius 2 is 2.00 bits per heavy atom. The number of guanidine groups is 1. The van der Waals surface area contributed by atoms with Gasteiger partial charge < -0.3 is 10.6 Å². The SMILES string of the molecule is CN=C(NCCCC(C)C)NCc1cnn(-c2ccccc2)c1. The lowest BCUT2D eigenvalue weighted by molar-refractivity contribution is 0.549. The Kier molecular flexibility index (Phi) is 6.66. The Morgan fingerprint density at radius 1 is 1.22 bits per heavy atom. The van der Waals surface area contributed by atoms with Crippen molar-refractivity contribution in [2.45, 2.75) is 33.2 Å². The minimum atomic E-state index is 0.705. The summed E-state index contributed by atoms with van der Waals surface area (Å²) in [6, 6.07) is 10.1. The van der Waals surface area contributed by atoms with E-state index in [1.165, 1.54) is 6.42 Å². The van der Waals surface area contributed by atoms with Crippen molar-refractivity contribution in [3.05, 3.63) is 48.3 Å². The Hall–Kier alpha value is -2.30. The zero-order valence-electron chi connectivity index (χ0n) is 14.3. The van der Waals surface area contributed by atoms with Gasteiger partial charge in [-0.15, -0.1) is 0 Å². The van der Waals surface area contributed by atoms with E-state index in [2.05, 4.69) is 34.6 Å². The molecule has 0 spiro atoms. The Morgan fingerprint density at radius 3 is 2.70 bits per heavy atom. The highest BCUT2D eigenvalue weighted by Gasteiger charge is 2.02. The summed E-state index contributed by atoms with van der Waals surface area (Å²) in [4.78, 5) is 4.25. The molecule has 0 aliphatic heterocycles. The third-order valence-electron chi connectivity index (χ3n) is 3.59. The van der Waals surface area contributed by atoms with Crippen molar-refractivity contribution in [1.82, 2.24) is 20.4 Å². The molecule has 0 aliphatic rings. The second-order valence-corrected chi connectivity index (χ2v) is 6.02. The summed E-state index contributed by atoms with van der Waals surface area (Å²) in [6.07, 6.45) is 6.30. The Balaban J connectivity index is 1.79. The van der Waals surface area contributed by atoms with Gasteiger partial charge in [0, 0.05) is 31.9 Å². The number of hydrogen-bond acceptors (Lipinski definition) is 2. The fourth-order valence-electron chi connectivity index (χ4n) is 2.30. The van der Waals surface area contributed by atoms with Crippen molar-refractivity contribution >= 4 is 5.96 Å². The molecule has 1 heterocycles. The largest absolute Gasteiger partial charge is 0.356 e. The van der Waals surface area contributed by atoms with Gasteiger partial charge in [-0.2, -0.15) is 5.10 Å². The predicted octanol–water partition coefficient (Wildman–Crippen LogP) is 2.97. The maximum Gasteiger partial charge on any atom is 0.191 e. The molecule has 0 unspecified atom stereocenters. The van der Waals surface area contributed by atoms with Gasteiger partial charge in [0.2, 0.25) is 0 Å². The first kappa shape index (κ1) is 17.1. The van der Waals surface area contributed by atoms with Crippen LogP contribution in [0.2, 0.25) is 0 Å². The maximum absolute atomic E-state index is 4.40. The highest BCUT2D eigenvalue weighted by atomic mass is 15.3. The topological polar surface area (TPSA) is 54.2 Å². The van der Waals surface area contributed by atoms with Crippen LogP contribution >= 0.6 is 0 Å². The second-order valence-electron chi connectivity index (χ2n) is 6.02. The predicted molar refractivity (Wildman–Crippen MR) is 95.8 cm³/mol. The van der Waals surface area contributed by atoms with E-state index in [0.717, 1.165) is 36.1 Å². The van der Waals surface area contributed by atoms with Gasteiger partial charge in [-0.3, -0.25) is 4.99 Å². The van der Waals surface area contributed by atoms with Crippen LogP contribution in [0, 0.1) is 5.92 Å². The van der Waals surface area contributed by atoms with Crippen LogP contribution in [0.15, 0.2) is 47.7 Å². The van der Waals surface area contributed by atoms with E-state index >= 15 is 0 Å². The van der Waals surface area contributed by atoms with Crippen molar-refractivity contribution in [3.63, 3.8) is 0 Å². The Labute approximate surface area is 138 Å². The van der Waals surface area contributed by atoms with Crippen LogP contribution in [0.25, 0.3) is 5.69 Å². The molecule has 0 amide bonds. The molecule has 0 saturated heterocycles. The summed E-state index contributed by atoms with van der Waals surface area (Å²) in [5.41, 5.74) is 2.19. The van der Waals surface area contributed by atoms with Crippen molar-refractivity contribution in [3.8, 4) is 5.69 Å². The minimum Gasteiger partial charge on any atom is -0.356 e. The maximum atomic E-state index is 4.40. The van der Waals surface area contributed by atoms with E-state index < -0.39 is 0 Å². The number of hydrogen-bond donors (Lipinski definition) is 2. The van der Waals surface area contributed by atoms with Gasteiger partial charge in [0.15, 0.2) is 5.96 Å². The summed E-state index contributed by atoms with van der Waals surface area (Å²) in [5, 5.41) is 11.1. The summed E-state index contributed by atoms with van der Waals surface area (Å²) in [6.45, 7) is 6.15. The van der Waals surface area contributed by atoms with Gasteiger partial charge in [-0.25, -0.2) is 4.68 Å². The summed E-state index contributed by atoms with van der Waals surface area (Å²) in [5.74, 6) is 1.58. The third-order valence-corrected chi connectivity index (χ3v) is 3.59. The lowest BCUT2D eigenvalue weighted by Gasteiger charge is -2.11. The van der Waals surface area contributed by atoms with Crippen LogP contribution < -0.4 is 10.6 Å². The second kappa shape index (κ2) is 8.98. The number of para-hydroxylation sites is 1. The van der Waals surface area contributed by atoms with Crippen LogP contribution in [-0.2, 0) is 6.54 Å². The molecule has 23 heavy (non-hydrogen) atoms. The third kappa shape index (κ3) is 5.77. The first-order chi connectivity index (χ1) is 11.2. The van der Waals surface area contributed by atoms with E-state index in [-0.39, 0.29) is 0 Å². The average molecular weight is 313 g/mol. The van der Waals surface area contributed by atoms with Crippen LogP contribution in [0.5, 0.6) is 0 Å². The molecular weight excluding hydrogens is 286 g/mol. The van der Waals surface area contributed by atoms with Crippen molar-refractivity contribution in [2.24, 2.45) is 10.9 Å². The number of aliphatic imine (C=N–C) groups is 1. The summed E-state index contributed by atoms with van der Waals surface area (Å²) >= 11 is 0. The summed E-state index contributed by atoms with van der Waals surface area (Å²) in [7, 11) is 1.80. The van der Waals surface area contributed by atoms with Gasteiger partial charge >= 0.3 is 0 Å². The molecule has 2 rings (SSSR count). The molecule has 1 aromatic carbocycles. The first-order valence-electron chi connectivity index (χ1n) is 8.22. The number of aromatic nitrogens is 2. The zero-order valence-corrected chi connectivity index (χ0v) is 14.3. The van der Waals surface area contributed by atoms with E-state index in [9.17, 15) is 0 Å². The minimum absolute atomic E-state index is 0.705. The van der Waals surface area contributed by atoms with E-state index in [1.807, 2.05) is 47.4 Å². The van der Waals surface area contributed by atoms with E-state index in [4.69, 9.17) is 0 Å². The average Bonchev–Trinajstić information content (AvgIpc) is 3.04. The van der Waals surface area contributed by atoms with Crippen molar-refractivity contribution in [1.29, 1.82) is 0 Å². The highest BCUT2D eigenvalue weighted by molar-refractivity contribution is 5.79. The van der Waals surface area contributed by atoms with Gasteiger partial charge in [0.05, 0.1) is 11.9 Å². The summed E-state index contributed by atoms with van der Waals surface area (Å²) < 4.78 is 1.88. The van der Waals surface area contributed by atoms with E-state index in [1.54, 1.807) is 7.05 Å². The van der Waals surface area contributed by atoms with Gasteiger partial charge in [-0.1, -0.05) is 32.0 Å². The van der Waals surface area contributed by atoms with Gasteiger partial charge in [-0.05, 0) is 30.9 Å². The molecule has 0 aliphatic carbocycles. The molecule has 1 aromatic heterocycles. The monoisotopic (exact) mass is 313 g/mol. The highest BCUT2D eigenvalue weighted by Crippen LogP contribution is 2.07. The normalized spacial score (nSPS) is 11.7. The zero-order chi connectivity index (χ0) is 16.5. The van der Waals surface area contributed by atoms with Crippen LogP contribution in [0.1, 0.15) is 32.3 Å². The van der Waals surface area contributed by atoms with Gasteiger partial charge in [0.1, 0.15) is 0 Å². The molecule has 0 fully saturated rings. The number of nitrogens with one attached hydrogen (secondary N) is 2. The van der Waals surface area contributed by atoms with Gasteiger partial charge in [0.25, 0.3) is 0 Å². The molecular formula is C18H27N5.